The Morgan fingerprint density at radius 3 is 1.67 bits per heavy atom. The largest absolute Gasteiger partial charge is 0.0625 e. The van der Waals surface area contributed by atoms with Crippen LogP contribution in [0, 0.1) is 11.8 Å². The lowest BCUT2D eigenvalue weighted by Gasteiger charge is -2.05. The van der Waals surface area contributed by atoms with Crippen molar-refractivity contribution >= 4 is 0 Å². The predicted molar refractivity (Wildman–Crippen MR) is 41.4 cm³/mol. The van der Waals surface area contributed by atoms with Crippen molar-refractivity contribution in [3.05, 3.63) is 0 Å². The Morgan fingerprint density at radius 1 is 0.778 bits per heavy atom. The first-order valence-electron chi connectivity index (χ1n) is 4.29. The van der Waals surface area contributed by atoms with Gasteiger partial charge in [0.2, 0.25) is 0 Å². The minimum Gasteiger partial charge on any atom is -0.0625 e. The summed E-state index contributed by atoms with van der Waals surface area (Å²) in [6.07, 6.45) is 7.37. The van der Waals surface area contributed by atoms with Crippen molar-refractivity contribution in [2.24, 2.45) is 11.8 Å². The van der Waals surface area contributed by atoms with E-state index in [0.29, 0.717) is 0 Å². The molecule has 54 valence electrons. The quantitative estimate of drug-likeness (QED) is 0.437. The van der Waals surface area contributed by atoms with Crippen LogP contribution in [0.25, 0.3) is 0 Å². The highest BCUT2D eigenvalue weighted by molar-refractivity contribution is 4.64. The summed E-state index contributed by atoms with van der Waals surface area (Å²) >= 11 is 0. The molecule has 2 unspecified atom stereocenters. The maximum absolute atomic E-state index is 2.39. The van der Waals surface area contributed by atoms with Crippen LogP contribution in [0.2, 0.25) is 0 Å². The van der Waals surface area contributed by atoms with Gasteiger partial charge in [0.05, 0.1) is 0 Å². The number of rotatable bonds is 0. The average Bonchev–Trinajstić information content (AvgIpc) is 1.97. The molecule has 0 bridgehead atoms. The molecular weight excluding hydrogens is 108 g/mol. The minimum absolute atomic E-state index is 1.01. The standard InChI is InChI=1S/C9H18/c1-8-4-3-5-9(2)7-6-8/h8-9H,3-7H2,1-2H3. The van der Waals surface area contributed by atoms with Crippen molar-refractivity contribution in [2.75, 3.05) is 0 Å². The zero-order chi connectivity index (χ0) is 6.69. The second kappa shape index (κ2) is 3.24. The van der Waals surface area contributed by atoms with Crippen molar-refractivity contribution < 1.29 is 0 Å². The van der Waals surface area contributed by atoms with Gasteiger partial charge >= 0.3 is 0 Å². The molecule has 1 aliphatic rings. The van der Waals surface area contributed by atoms with Gasteiger partial charge in [-0.05, 0) is 11.8 Å². The van der Waals surface area contributed by atoms with Crippen molar-refractivity contribution in [1.82, 2.24) is 0 Å². The molecule has 0 aromatic rings. The lowest BCUT2D eigenvalue weighted by molar-refractivity contribution is 0.476. The molecule has 9 heavy (non-hydrogen) atoms. The van der Waals surface area contributed by atoms with Crippen LogP contribution < -0.4 is 0 Å². The van der Waals surface area contributed by atoms with Gasteiger partial charge < -0.3 is 0 Å². The van der Waals surface area contributed by atoms with Crippen molar-refractivity contribution in [2.45, 2.75) is 46.0 Å². The van der Waals surface area contributed by atoms with Gasteiger partial charge in [0.15, 0.2) is 0 Å². The fourth-order valence-electron chi connectivity index (χ4n) is 1.67. The Hall–Kier alpha value is 0. The Balaban J connectivity index is 2.25. The first kappa shape index (κ1) is 7.11. The van der Waals surface area contributed by atoms with Crippen LogP contribution in [0.3, 0.4) is 0 Å². The second-order valence-corrected chi connectivity index (χ2v) is 3.72. The second-order valence-electron chi connectivity index (χ2n) is 3.72. The summed E-state index contributed by atoms with van der Waals surface area (Å²) < 4.78 is 0. The van der Waals surface area contributed by atoms with Gasteiger partial charge in [-0.3, -0.25) is 0 Å². The van der Waals surface area contributed by atoms with Crippen LogP contribution in [0.1, 0.15) is 46.0 Å². The zero-order valence-electron chi connectivity index (χ0n) is 6.69. The van der Waals surface area contributed by atoms with Crippen molar-refractivity contribution in [3.8, 4) is 0 Å². The maximum atomic E-state index is 2.39. The van der Waals surface area contributed by atoms with E-state index in [1.165, 1.54) is 32.1 Å². The molecule has 0 aliphatic heterocycles. The van der Waals surface area contributed by atoms with Crippen molar-refractivity contribution in [3.63, 3.8) is 0 Å². The SMILES string of the molecule is CC1CCCC(C)CC1. The van der Waals surface area contributed by atoms with Gasteiger partial charge in [0.25, 0.3) is 0 Å². The van der Waals surface area contributed by atoms with E-state index in [9.17, 15) is 0 Å². The molecule has 0 nitrogen and oxygen atoms in total. The predicted octanol–water partition coefficient (Wildman–Crippen LogP) is 3.22. The fraction of sp³-hybridized carbons (Fsp3) is 1.00. The molecule has 0 aromatic carbocycles. The van der Waals surface area contributed by atoms with Crippen LogP contribution in [-0.2, 0) is 0 Å². The smallest absolute Gasteiger partial charge is 0.0443 e. The number of hydrogen-bond acceptors (Lipinski definition) is 0. The molecule has 1 rings (SSSR count). The van der Waals surface area contributed by atoms with Crippen LogP contribution in [0.15, 0.2) is 0 Å². The molecular formula is C9H18. The normalized spacial score (nSPS) is 38.0. The van der Waals surface area contributed by atoms with E-state index in [2.05, 4.69) is 13.8 Å². The van der Waals surface area contributed by atoms with E-state index in [0.717, 1.165) is 11.8 Å². The Morgan fingerprint density at radius 2 is 1.22 bits per heavy atom. The summed E-state index contributed by atoms with van der Waals surface area (Å²) in [5.74, 6) is 2.02. The van der Waals surface area contributed by atoms with E-state index in [1.54, 1.807) is 0 Å². The molecule has 1 saturated carbocycles. The molecule has 0 spiro atoms. The van der Waals surface area contributed by atoms with E-state index in [1.807, 2.05) is 0 Å². The summed E-state index contributed by atoms with van der Waals surface area (Å²) in [6, 6.07) is 0. The highest BCUT2D eigenvalue weighted by atomic mass is 14.2. The highest BCUT2D eigenvalue weighted by Gasteiger charge is 2.11. The lowest BCUT2D eigenvalue weighted by atomic mass is 10.0. The third-order valence-electron chi connectivity index (χ3n) is 2.55. The van der Waals surface area contributed by atoms with Gasteiger partial charge in [0.1, 0.15) is 0 Å². The summed E-state index contributed by atoms with van der Waals surface area (Å²) in [4.78, 5) is 0. The monoisotopic (exact) mass is 126 g/mol. The van der Waals surface area contributed by atoms with Gasteiger partial charge in [-0.15, -0.1) is 0 Å². The Kier molecular flexibility index (Phi) is 2.56. The molecule has 2 atom stereocenters. The fourth-order valence-corrected chi connectivity index (χ4v) is 1.67. The van der Waals surface area contributed by atoms with E-state index >= 15 is 0 Å². The van der Waals surface area contributed by atoms with Crippen LogP contribution in [0.5, 0.6) is 0 Å². The molecule has 0 heterocycles. The molecule has 0 N–H and O–H groups in total. The average molecular weight is 126 g/mol. The summed E-state index contributed by atoms with van der Waals surface area (Å²) in [5.41, 5.74) is 0. The molecule has 0 saturated heterocycles. The molecule has 0 radical (unpaired) electrons. The summed E-state index contributed by atoms with van der Waals surface area (Å²) in [5, 5.41) is 0. The zero-order valence-corrected chi connectivity index (χ0v) is 6.69. The molecule has 0 heteroatoms. The molecule has 1 fully saturated rings. The molecule has 0 aromatic heterocycles. The third kappa shape index (κ3) is 2.38. The van der Waals surface area contributed by atoms with E-state index in [4.69, 9.17) is 0 Å². The van der Waals surface area contributed by atoms with Gasteiger partial charge in [-0.25, -0.2) is 0 Å². The minimum atomic E-state index is 1.01. The first-order chi connectivity index (χ1) is 4.29. The topological polar surface area (TPSA) is 0 Å². The van der Waals surface area contributed by atoms with Gasteiger partial charge in [-0.1, -0.05) is 46.0 Å². The Bertz CT molecular complexity index is 66.1. The maximum Gasteiger partial charge on any atom is -0.0443 e. The molecule has 1 aliphatic carbocycles. The van der Waals surface area contributed by atoms with E-state index in [-0.39, 0.29) is 0 Å². The van der Waals surface area contributed by atoms with Gasteiger partial charge in [-0.2, -0.15) is 0 Å². The molecule has 0 amide bonds. The summed E-state index contributed by atoms with van der Waals surface area (Å²) in [6.45, 7) is 4.77. The van der Waals surface area contributed by atoms with Crippen molar-refractivity contribution in [1.29, 1.82) is 0 Å². The van der Waals surface area contributed by atoms with Crippen LogP contribution >= 0.6 is 0 Å². The Labute approximate surface area is 58.7 Å². The lowest BCUT2D eigenvalue weighted by Crippen LogP contribution is -1.91. The van der Waals surface area contributed by atoms with Crippen LogP contribution in [-0.4, -0.2) is 0 Å². The highest BCUT2D eigenvalue weighted by Crippen LogP contribution is 2.25. The van der Waals surface area contributed by atoms with E-state index < -0.39 is 0 Å². The first-order valence-corrected chi connectivity index (χ1v) is 4.29. The van der Waals surface area contributed by atoms with Gasteiger partial charge in [0, 0.05) is 0 Å². The number of hydrogen-bond donors (Lipinski definition) is 0. The third-order valence-corrected chi connectivity index (χ3v) is 2.55. The summed E-state index contributed by atoms with van der Waals surface area (Å²) in [7, 11) is 0. The van der Waals surface area contributed by atoms with Crippen LogP contribution in [0.4, 0.5) is 0 Å².